The highest BCUT2D eigenvalue weighted by atomic mass is 32.2. The zero-order valence-corrected chi connectivity index (χ0v) is 9.23. The van der Waals surface area contributed by atoms with Crippen LogP contribution in [-0.4, -0.2) is 11.0 Å². The summed E-state index contributed by atoms with van der Waals surface area (Å²) < 4.78 is 5.78. The molecule has 66 valence electrons. The second-order valence-corrected chi connectivity index (χ2v) is 4.46. The summed E-state index contributed by atoms with van der Waals surface area (Å²) in [7, 11) is 0. The zero-order valence-electron chi connectivity index (χ0n) is 6.78. The maximum atomic E-state index is 5.14. The number of thiophene rings is 1. The Morgan fingerprint density at radius 1 is 1.75 bits per heavy atom. The van der Waals surface area contributed by atoms with E-state index in [1.165, 1.54) is 5.56 Å². The van der Waals surface area contributed by atoms with Gasteiger partial charge in [-0.05, 0) is 41.5 Å². The van der Waals surface area contributed by atoms with Crippen LogP contribution in [0.3, 0.4) is 0 Å². The molecule has 1 aromatic rings. The summed E-state index contributed by atoms with van der Waals surface area (Å²) in [4.78, 5) is 0. The molecule has 12 heavy (non-hydrogen) atoms. The largest absolute Gasteiger partial charge is 0.479 e. The molecule has 1 aromatic heterocycles. The van der Waals surface area contributed by atoms with E-state index >= 15 is 0 Å². The lowest BCUT2D eigenvalue weighted by Gasteiger charge is -2.01. The molecular weight excluding hydrogens is 208 g/mol. The van der Waals surface area contributed by atoms with E-state index in [0.717, 1.165) is 5.75 Å². The third kappa shape index (κ3) is 3.56. The molecule has 1 nitrogen and oxygen atoms in total. The van der Waals surface area contributed by atoms with Crippen molar-refractivity contribution in [3.63, 3.8) is 0 Å². The van der Waals surface area contributed by atoms with Crippen LogP contribution in [0.4, 0.5) is 0 Å². The highest BCUT2D eigenvalue weighted by Crippen LogP contribution is 2.16. The highest BCUT2D eigenvalue weighted by molar-refractivity contribution is 8.22. The first kappa shape index (κ1) is 10.0. The molecule has 0 saturated carbocycles. The second-order valence-electron chi connectivity index (χ2n) is 2.10. The summed E-state index contributed by atoms with van der Waals surface area (Å²) in [5.74, 6) is 0.919. The third-order valence-corrected chi connectivity index (χ3v) is 3.23. The van der Waals surface area contributed by atoms with Crippen molar-refractivity contribution < 1.29 is 4.74 Å². The molecule has 1 heterocycles. The molecule has 0 N–H and O–H groups in total. The lowest BCUT2D eigenvalue weighted by Crippen LogP contribution is -1.95. The summed E-state index contributed by atoms with van der Waals surface area (Å²) in [5, 5.41) is 4.20. The summed E-state index contributed by atoms with van der Waals surface area (Å²) >= 11 is 8.25. The van der Waals surface area contributed by atoms with Crippen LogP contribution < -0.4 is 0 Å². The van der Waals surface area contributed by atoms with Crippen molar-refractivity contribution in [3.8, 4) is 0 Å². The smallest absolute Gasteiger partial charge is 0.220 e. The topological polar surface area (TPSA) is 9.23 Å². The van der Waals surface area contributed by atoms with Gasteiger partial charge in [0.05, 0.1) is 6.61 Å². The number of ether oxygens (including phenoxy) is 1. The van der Waals surface area contributed by atoms with Crippen LogP contribution >= 0.6 is 35.3 Å². The van der Waals surface area contributed by atoms with Gasteiger partial charge in [-0.1, -0.05) is 11.8 Å². The fraction of sp³-hybridized carbons (Fsp3) is 0.375. The average Bonchev–Trinajstić information content (AvgIpc) is 2.53. The van der Waals surface area contributed by atoms with E-state index in [2.05, 4.69) is 16.8 Å². The zero-order chi connectivity index (χ0) is 8.81. The first-order chi connectivity index (χ1) is 5.83. The third-order valence-electron chi connectivity index (χ3n) is 1.20. The number of rotatable bonds is 3. The van der Waals surface area contributed by atoms with Crippen LogP contribution in [-0.2, 0) is 10.5 Å². The fourth-order valence-electron chi connectivity index (χ4n) is 0.677. The number of thiocarbonyl (C=S) groups is 1. The maximum absolute atomic E-state index is 5.14. The van der Waals surface area contributed by atoms with Gasteiger partial charge < -0.3 is 4.74 Å². The van der Waals surface area contributed by atoms with E-state index in [1.54, 1.807) is 23.1 Å². The van der Waals surface area contributed by atoms with Gasteiger partial charge in [0.15, 0.2) is 0 Å². The van der Waals surface area contributed by atoms with Crippen molar-refractivity contribution in [2.45, 2.75) is 12.7 Å². The average molecular weight is 218 g/mol. The normalized spacial score (nSPS) is 9.75. The van der Waals surface area contributed by atoms with Gasteiger partial charge in [0.25, 0.3) is 0 Å². The number of hydrogen-bond donors (Lipinski definition) is 0. The van der Waals surface area contributed by atoms with Crippen molar-refractivity contribution in [1.29, 1.82) is 0 Å². The molecule has 0 spiro atoms. The Balaban J connectivity index is 2.22. The summed E-state index contributed by atoms with van der Waals surface area (Å²) in [6.07, 6.45) is 0. The van der Waals surface area contributed by atoms with E-state index in [0.29, 0.717) is 11.0 Å². The molecule has 0 bridgehead atoms. The lowest BCUT2D eigenvalue weighted by atomic mass is 10.4. The minimum atomic E-state index is 0.642. The Morgan fingerprint density at radius 2 is 2.58 bits per heavy atom. The van der Waals surface area contributed by atoms with E-state index in [4.69, 9.17) is 17.0 Å². The standard InChI is InChI=1S/C8H10OS3/c1-2-9-8(10)12-6-7-3-4-11-5-7/h3-5H,2,6H2,1H3. The number of thioether (sulfide) groups is 1. The van der Waals surface area contributed by atoms with Crippen LogP contribution in [0.5, 0.6) is 0 Å². The first-order valence-corrected chi connectivity index (χ1v) is 5.97. The van der Waals surface area contributed by atoms with Crippen LogP contribution in [0, 0.1) is 0 Å². The van der Waals surface area contributed by atoms with Gasteiger partial charge in [-0.2, -0.15) is 11.3 Å². The van der Waals surface area contributed by atoms with Gasteiger partial charge in [0, 0.05) is 5.75 Å². The molecule has 0 unspecified atom stereocenters. The summed E-state index contributed by atoms with van der Waals surface area (Å²) in [6, 6.07) is 2.10. The van der Waals surface area contributed by atoms with Crippen LogP contribution in [0.1, 0.15) is 12.5 Å². The van der Waals surface area contributed by atoms with Gasteiger partial charge in [0.1, 0.15) is 0 Å². The van der Waals surface area contributed by atoms with Crippen molar-refractivity contribution in [3.05, 3.63) is 22.4 Å². The van der Waals surface area contributed by atoms with Gasteiger partial charge in [0.2, 0.25) is 4.38 Å². The maximum Gasteiger partial charge on any atom is 0.220 e. The Kier molecular flexibility index (Phi) is 4.65. The molecule has 1 rings (SSSR count). The SMILES string of the molecule is CCOC(=S)SCc1ccsc1. The quantitative estimate of drug-likeness (QED) is 0.720. The molecule has 0 fully saturated rings. The highest BCUT2D eigenvalue weighted by Gasteiger charge is 1.98. The molecule has 4 heteroatoms. The molecule has 0 atom stereocenters. The molecule has 0 saturated heterocycles. The fourth-order valence-corrected chi connectivity index (χ4v) is 2.41. The van der Waals surface area contributed by atoms with E-state index < -0.39 is 0 Å². The Hall–Kier alpha value is -0.0600. The second kappa shape index (κ2) is 5.56. The first-order valence-electron chi connectivity index (χ1n) is 3.63. The molecule has 0 aliphatic rings. The lowest BCUT2D eigenvalue weighted by molar-refractivity contribution is 0.346. The van der Waals surface area contributed by atoms with Crippen molar-refractivity contribution in [1.82, 2.24) is 0 Å². The minimum absolute atomic E-state index is 0.642. The Labute approximate surface area is 86.1 Å². The van der Waals surface area contributed by atoms with E-state index in [-0.39, 0.29) is 0 Å². The molecule has 0 aromatic carbocycles. The predicted molar refractivity (Wildman–Crippen MR) is 59.8 cm³/mol. The van der Waals surface area contributed by atoms with Gasteiger partial charge in [-0.25, -0.2) is 0 Å². The van der Waals surface area contributed by atoms with Crippen LogP contribution in [0.25, 0.3) is 0 Å². The molecule has 0 amide bonds. The Bertz CT molecular complexity index is 230. The van der Waals surface area contributed by atoms with E-state index in [1.807, 2.05) is 6.92 Å². The van der Waals surface area contributed by atoms with Crippen molar-refractivity contribution >= 4 is 39.7 Å². The van der Waals surface area contributed by atoms with Gasteiger partial charge >= 0.3 is 0 Å². The van der Waals surface area contributed by atoms with Crippen molar-refractivity contribution in [2.24, 2.45) is 0 Å². The van der Waals surface area contributed by atoms with Crippen molar-refractivity contribution in [2.75, 3.05) is 6.61 Å². The number of hydrogen-bond acceptors (Lipinski definition) is 4. The van der Waals surface area contributed by atoms with Crippen LogP contribution in [0.2, 0.25) is 0 Å². The summed E-state index contributed by atoms with van der Waals surface area (Å²) in [5.41, 5.74) is 1.31. The molecule has 0 aliphatic heterocycles. The van der Waals surface area contributed by atoms with Gasteiger partial charge in [-0.15, -0.1) is 0 Å². The molecule has 0 radical (unpaired) electrons. The van der Waals surface area contributed by atoms with Crippen LogP contribution in [0.15, 0.2) is 16.8 Å². The molecular formula is C8H10OS3. The summed E-state index contributed by atoms with van der Waals surface area (Å²) in [6.45, 7) is 2.60. The Morgan fingerprint density at radius 3 is 3.17 bits per heavy atom. The van der Waals surface area contributed by atoms with Gasteiger partial charge in [-0.3, -0.25) is 0 Å². The minimum Gasteiger partial charge on any atom is -0.479 e. The van der Waals surface area contributed by atoms with E-state index in [9.17, 15) is 0 Å². The monoisotopic (exact) mass is 218 g/mol. The molecule has 0 aliphatic carbocycles. The predicted octanol–water partition coefficient (Wildman–Crippen LogP) is 3.30.